The highest BCUT2D eigenvalue weighted by Crippen LogP contribution is 2.27. The Bertz CT molecular complexity index is 570. The molecule has 0 aliphatic rings. The zero-order valence-corrected chi connectivity index (χ0v) is 10.7. The summed E-state index contributed by atoms with van der Waals surface area (Å²) in [6.45, 7) is 0. The van der Waals surface area contributed by atoms with Gasteiger partial charge in [-0.25, -0.2) is 9.37 Å². The number of aromatic nitrogens is 1. The van der Waals surface area contributed by atoms with Crippen LogP contribution in [0.1, 0.15) is 10.5 Å². The molecule has 17 heavy (non-hydrogen) atoms. The van der Waals surface area contributed by atoms with Crippen molar-refractivity contribution in [2.24, 2.45) is 0 Å². The van der Waals surface area contributed by atoms with Gasteiger partial charge in [0.2, 0.25) is 0 Å². The van der Waals surface area contributed by atoms with Crippen LogP contribution in [0.5, 0.6) is 0 Å². The summed E-state index contributed by atoms with van der Waals surface area (Å²) in [6.07, 6.45) is 0. The van der Waals surface area contributed by atoms with Gasteiger partial charge in [0, 0.05) is 10.9 Å². The van der Waals surface area contributed by atoms with Gasteiger partial charge in [-0.1, -0.05) is 11.6 Å². The zero-order valence-electron chi connectivity index (χ0n) is 8.41. The molecule has 2 nitrogen and oxygen atoms in total. The van der Waals surface area contributed by atoms with Crippen molar-refractivity contribution in [2.45, 2.75) is 0 Å². The molecule has 0 aliphatic heterocycles. The molecule has 0 spiro atoms. The van der Waals surface area contributed by atoms with Gasteiger partial charge >= 0.3 is 0 Å². The van der Waals surface area contributed by atoms with E-state index in [0.717, 1.165) is 0 Å². The van der Waals surface area contributed by atoms with Crippen LogP contribution >= 0.6 is 34.5 Å². The number of carbonyl (C=O) groups is 1. The molecular weight excluding hydrogens is 284 g/mol. The van der Waals surface area contributed by atoms with Crippen molar-refractivity contribution in [2.75, 3.05) is 5.88 Å². The number of hydrogen-bond donors (Lipinski definition) is 0. The summed E-state index contributed by atoms with van der Waals surface area (Å²) in [6, 6.07) is 4.31. The standard InChI is InChI=1S/C11H6Cl2FNOS/c12-4-10(16)9-5-17-11(15-9)6-1-2-8(14)7(13)3-6/h1-3,5H,4H2. The molecular formula is C11H6Cl2FNOS. The molecule has 1 aromatic carbocycles. The predicted octanol–water partition coefficient (Wildman–Crippen LogP) is 4.02. The lowest BCUT2D eigenvalue weighted by atomic mass is 10.2. The third-order valence-corrected chi connectivity index (χ3v) is 3.50. The average Bonchev–Trinajstić information content (AvgIpc) is 2.81. The molecule has 1 heterocycles. The zero-order chi connectivity index (χ0) is 12.4. The molecule has 0 atom stereocenters. The van der Waals surface area contributed by atoms with Gasteiger partial charge in [-0.3, -0.25) is 4.79 Å². The number of Topliss-reactive ketones (excluding diaryl/α,β-unsaturated/α-hetero) is 1. The van der Waals surface area contributed by atoms with Gasteiger partial charge in [0.25, 0.3) is 0 Å². The summed E-state index contributed by atoms with van der Waals surface area (Å²) in [5.41, 5.74) is 0.996. The van der Waals surface area contributed by atoms with Crippen LogP contribution in [0.4, 0.5) is 4.39 Å². The molecule has 0 fully saturated rings. The largest absolute Gasteiger partial charge is 0.291 e. The minimum absolute atomic E-state index is 0.0305. The summed E-state index contributed by atoms with van der Waals surface area (Å²) in [7, 11) is 0. The van der Waals surface area contributed by atoms with Crippen LogP contribution in [0.3, 0.4) is 0 Å². The molecule has 2 aromatic rings. The lowest BCUT2D eigenvalue weighted by Gasteiger charge is -1.98. The van der Waals surface area contributed by atoms with Crippen molar-refractivity contribution in [3.05, 3.63) is 40.1 Å². The number of carbonyl (C=O) groups excluding carboxylic acids is 1. The molecule has 0 aliphatic carbocycles. The quantitative estimate of drug-likeness (QED) is 0.631. The van der Waals surface area contributed by atoms with Crippen LogP contribution in [0.15, 0.2) is 23.6 Å². The van der Waals surface area contributed by atoms with Crippen LogP contribution in [0.2, 0.25) is 5.02 Å². The number of hydrogen-bond acceptors (Lipinski definition) is 3. The Kier molecular flexibility index (Phi) is 3.76. The van der Waals surface area contributed by atoms with Gasteiger partial charge in [-0.2, -0.15) is 0 Å². The first-order chi connectivity index (χ1) is 8.11. The van der Waals surface area contributed by atoms with E-state index in [4.69, 9.17) is 23.2 Å². The minimum Gasteiger partial charge on any atom is -0.291 e. The van der Waals surface area contributed by atoms with Crippen LogP contribution in [-0.4, -0.2) is 16.6 Å². The first-order valence-corrected chi connectivity index (χ1v) is 6.41. The van der Waals surface area contributed by atoms with E-state index in [9.17, 15) is 9.18 Å². The van der Waals surface area contributed by atoms with E-state index in [1.165, 1.54) is 23.5 Å². The van der Waals surface area contributed by atoms with E-state index in [0.29, 0.717) is 16.3 Å². The van der Waals surface area contributed by atoms with Crippen molar-refractivity contribution >= 4 is 40.3 Å². The minimum atomic E-state index is -0.482. The van der Waals surface area contributed by atoms with Gasteiger partial charge in [-0.15, -0.1) is 22.9 Å². The maximum atomic E-state index is 13.0. The Hall–Kier alpha value is -0.970. The van der Waals surface area contributed by atoms with Gasteiger partial charge in [-0.05, 0) is 18.2 Å². The fourth-order valence-electron chi connectivity index (χ4n) is 1.23. The fourth-order valence-corrected chi connectivity index (χ4v) is 2.37. The molecule has 0 amide bonds. The molecule has 1 aromatic heterocycles. The van der Waals surface area contributed by atoms with E-state index in [2.05, 4.69) is 4.98 Å². The predicted molar refractivity (Wildman–Crippen MR) is 67.6 cm³/mol. The van der Waals surface area contributed by atoms with E-state index in [-0.39, 0.29) is 16.7 Å². The van der Waals surface area contributed by atoms with Crippen molar-refractivity contribution in [3.63, 3.8) is 0 Å². The molecule has 0 bridgehead atoms. The summed E-state index contributed by atoms with van der Waals surface area (Å²) in [5.74, 6) is -0.820. The SMILES string of the molecule is O=C(CCl)c1csc(-c2ccc(F)c(Cl)c2)n1. The normalized spacial score (nSPS) is 10.5. The number of alkyl halides is 1. The number of nitrogens with zero attached hydrogens (tertiary/aromatic N) is 1. The van der Waals surface area contributed by atoms with E-state index in [1.54, 1.807) is 11.4 Å². The van der Waals surface area contributed by atoms with Crippen LogP contribution < -0.4 is 0 Å². The second-order valence-electron chi connectivity index (χ2n) is 3.22. The van der Waals surface area contributed by atoms with Gasteiger partial charge in [0.05, 0.1) is 10.9 Å². The number of halogens is 3. The highest BCUT2D eigenvalue weighted by atomic mass is 35.5. The second-order valence-corrected chi connectivity index (χ2v) is 4.76. The summed E-state index contributed by atoms with van der Waals surface area (Å²) in [5, 5.41) is 2.26. The fraction of sp³-hybridized carbons (Fsp3) is 0.0909. The molecule has 0 radical (unpaired) electrons. The topological polar surface area (TPSA) is 30.0 Å². The number of benzene rings is 1. The molecule has 0 N–H and O–H groups in total. The van der Waals surface area contributed by atoms with Gasteiger partial charge in [0.1, 0.15) is 16.5 Å². The molecule has 0 unspecified atom stereocenters. The van der Waals surface area contributed by atoms with Gasteiger partial charge < -0.3 is 0 Å². The Balaban J connectivity index is 2.37. The van der Waals surface area contributed by atoms with Gasteiger partial charge in [0.15, 0.2) is 5.78 Å². The van der Waals surface area contributed by atoms with Crippen molar-refractivity contribution in [1.82, 2.24) is 4.98 Å². The number of thiazole rings is 1. The van der Waals surface area contributed by atoms with E-state index in [1.807, 2.05) is 0 Å². The number of rotatable bonds is 3. The molecule has 88 valence electrons. The first-order valence-electron chi connectivity index (χ1n) is 4.62. The Morgan fingerprint density at radius 1 is 1.47 bits per heavy atom. The Morgan fingerprint density at radius 3 is 2.88 bits per heavy atom. The van der Waals surface area contributed by atoms with Crippen molar-refractivity contribution < 1.29 is 9.18 Å². The summed E-state index contributed by atoms with van der Waals surface area (Å²) >= 11 is 12.4. The molecule has 2 rings (SSSR count). The maximum absolute atomic E-state index is 13.0. The molecule has 0 saturated heterocycles. The third kappa shape index (κ3) is 2.65. The maximum Gasteiger partial charge on any atom is 0.196 e. The smallest absolute Gasteiger partial charge is 0.196 e. The Morgan fingerprint density at radius 2 is 2.24 bits per heavy atom. The summed E-state index contributed by atoms with van der Waals surface area (Å²) < 4.78 is 13.0. The van der Waals surface area contributed by atoms with Crippen LogP contribution in [-0.2, 0) is 0 Å². The molecule has 0 saturated carbocycles. The third-order valence-electron chi connectivity index (χ3n) is 2.08. The highest BCUT2D eigenvalue weighted by Gasteiger charge is 2.11. The van der Waals surface area contributed by atoms with Crippen LogP contribution in [0.25, 0.3) is 10.6 Å². The van der Waals surface area contributed by atoms with E-state index >= 15 is 0 Å². The number of ketones is 1. The van der Waals surface area contributed by atoms with E-state index < -0.39 is 5.82 Å². The Labute approximate surface area is 111 Å². The lowest BCUT2D eigenvalue weighted by Crippen LogP contribution is -2.00. The highest BCUT2D eigenvalue weighted by molar-refractivity contribution is 7.13. The second kappa shape index (κ2) is 5.12. The van der Waals surface area contributed by atoms with Crippen LogP contribution in [0, 0.1) is 5.82 Å². The monoisotopic (exact) mass is 289 g/mol. The van der Waals surface area contributed by atoms with Crippen molar-refractivity contribution in [3.8, 4) is 10.6 Å². The van der Waals surface area contributed by atoms with Crippen molar-refractivity contribution in [1.29, 1.82) is 0 Å². The molecule has 6 heteroatoms. The lowest BCUT2D eigenvalue weighted by molar-refractivity contribution is 0.101. The average molecular weight is 290 g/mol. The summed E-state index contributed by atoms with van der Waals surface area (Å²) in [4.78, 5) is 15.4. The first kappa shape index (κ1) is 12.5.